The summed E-state index contributed by atoms with van der Waals surface area (Å²) in [5, 5.41) is 3.69. The van der Waals surface area contributed by atoms with Gasteiger partial charge in [-0.2, -0.15) is 4.98 Å². The molecule has 0 radical (unpaired) electrons. The highest BCUT2D eigenvalue weighted by Gasteiger charge is 2.27. The summed E-state index contributed by atoms with van der Waals surface area (Å²) < 4.78 is 5.37. The normalized spacial score (nSPS) is 16.5. The number of ether oxygens (including phenoxy) is 1. The van der Waals surface area contributed by atoms with Crippen LogP contribution in [0.25, 0.3) is 0 Å². The molecular weight excluding hydrogens is 306 g/mol. The van der Waals surface area contributed by atoms with Crippen LogP contribution in [0.2, 0.25) is 5.02 Å². The van der Waals surface area contributed by atoms with Gasteiger partial charge in [-0.3, -0.25) is 0 Å². The van der Waals surface area contributed by atoms with Crippen LogP contribution in [0.3, 0.4) is 0 Å². The Labute approximate surface area is 135 Å². The van der Waals surface area contributed by atoms with Crippen molar-refractivity contribution in [1.82, 2.24) is 14.9 Å². The van der Waals surface area contributed by atoms with Gasteiger partial charge in [0.2, 0.25) is 5.95 Å². The van der Waals surface area contributed by atoms with Gasteiger partial charge in [-0.05, 0) is 33.6 Å². The molecule has 0 bridgehead atoms. The number of anilines is 2. The molecule has 0 saturated carbocycles. The van der Waals surface area contributed by atoms with Crippen molar-refractivity contribution in [3.8, 4) is 0 Å². The van der Waals surface area contributed by atoms with E-state index in [1.807, 2.05) is 20.8 Å². The Bertz CT molecular complexity index is 539. The zero-order chi connectivity index (χ0) is 16.3. The third kappa shape index (κ3) is 4.62. The SMILES string of the molecule is CC(C)(C)OC(=O)N1CCC(Nc2nc(N)ncc2Cl)CC1. The lowest BCUT2D eigenvalue weighted by Crippen LogP contribution is -2.44. The molecule has 3 N–H and O–H groups in total. The van der Waals surface area contributed by atoms with Gasteiger partial charge in [0.05, 0.1) is 6.20 Å². The molecule has 2 heterocycles. The third-order valence-electron chi connectivity index (χ3n) is 3.25. The number of carbonyl (C=O) groups excluding carboxylic acids is 1. The maximum absolute atomic E-state index is 12.0. The van der Waals surface area contributed by atoms with Crippen LogP contribution >= 0.6 is 11.6 Å². The number of nitrogen functional groups attached to an aromatic ring is 1. The maximum atomic E-state index is 12.0. The fourth-order valence-corrected chi connectivity index (χ4v) is 2.35. The number of hydrogen-bond acceptors (Lipinski definition) is 6. The van der Waals surface area contributed by atoms with Crippen molar-refractivity contribution in [3.05, 3.63) is 11.2 Å². The highest BCUT2D eigenvalue weighted by atomic mass is 35.5. The first-order valence-electron chi connectivity index (χ1n) is 7.27. The van der Waals surface area contributed by atoms with Crippen molar-refractivity contribution in [2.75, 3.05) is 24.1 Å². The predicted octanol–water partition coefficient (Wildman–Crippen LogP) is 2.52. The van der Waals surface area contributed by atoms with E-state index in [-0.39, 0.29) is 18.1 Å². The summed E-state index contributed by atoms with van der Waals surface area (Å²) in [6, 6.07) is 0.186. The van der Waals surface area contributed by atoms with E-state index in [0.29, 0.717) is 23.9 Å². The van der Waals surface area contributed by atoms with Crippen molar-refractivity contribution < 1.29 is 9.53 Å². The summed E-state index contributed by atoms with van der Waals surface area (Å²) in [5.41, 5.74) is 5.09. The molecule has 1 aromatic heterocycles. The highest BCUT2D eigenvalue weighted by molar-refractivity contribution is 6.32. The van der Waals surface area contributed by atoms with E-state index >= 15 is 0 Å². The minimum atomic E-state index is -0.474. The van der Waals surface area contributed by atoms with Crippen LogP contribution in [0.5, 0.6) is 0 Å². The van der Waals surface area contributed by atoms with Crippen LogP contribution in [0.4, 0.5) is 16.6 Å². The summed E-state index contributed by atoms with van der Waals surface area (Å²) in [6.45, 7) is 6.84. The lowest BCUT2D eigenvalue weighted by Gasteiger charge is -2.34. The average Bonchev–Trinajstić information content (AvgIpc) is 2.42. The van der Waals surface area contributed by atoms with Gasteiger partial charge in [0.15, 0.2) is 5.82 Å². The van der Waals surface area contributed by atoms with Gasteiger partial charge in [-0.15, -0.1) is 0 Å². The second-order valence-corrected chi connectivity index (χ2v) is 6.72. The van der Waals surface area contributed by atoms with E-state index < -0.39 is 5.60 Å². The zero-order valence-electron chi connectivity index (χ0n) is 13.1. The van der Waals surface area contributed by atoms with Gasteiger partial charge < -0.3 is 20.7 Å². The minimum absolute atomic E-state index is 0.179. The monoisotopic (exact) mass is 327 g/mol. The van der Waals surface area contributed by atoms with Crippen LogP contribution in [0.1, 0.15) is 33.6 Å². The Kier molecular flexibility index (Phi) is 4.95. The lowest BCUT2D eigenvalue weighted by molar-refractivity contribution is 0.0210. The number of nitrogens with zero attached hydrogens (tertiary/aromatic N) is 3. The molecule has 2 rings (SSSR count). The Balaban J connectivity index is 1.87. The van der Waals surface area contributed by atoms with Crippen LogP contribution in [-0.2, 0) is 4.74 Å². The smallest absolute Gasteiger partial charge is 0.410 e. The molecule has 7 nitrogen and oxygen atoms in total. The lowest BCUT2D eigenvalue weighted by atomic mass is 10.1. The summed E-state index contributed by atoms with van der Waals surface area (Å²) in [4.78, 5) is 21.6. The first-order chi connectivity index (χ1) is 10.2. The molecule has 122 valence electrons. The molecule has 0 aromatic carbocycles. The van der Waals surface area contributed by atoms with Gasteiger partial charge in [-0.25, -0.2) is 9.78 Å². The molecular formula is C14H22ClN5O2. The molecule has 22 heavy (non-hydrogen) atoms. The third-order valence-corrected chi connectivity index (χ3v) is 3.53. The number of amides is 1. The number of piperidine rings is 1. The van der Waals surface area contributed by atoms with Crippen molar-refractivity contribution in [3.63, 3.8) is 0 Å². The maximum Gasteiger partial charge on any atom is 0.410 e. The van der Waals surface area contributed by atoms with E-state index in [0.717, 1.165) is 12.8 Å². The molecule has 1 aromatic rings. The largest absolute Gasteiger partial charge is 0.444 e. The Morgan fingerprint density at radius 3 is 2.68 bits per heavy atom. The zero-order valence-corrected chi connectivity index (χ0v) is 13.9. The van der Waals surface area contributed by atoms with E-state index in [9.17, 15) is 4.79 Å². The standard InChI is InChI=1S/C14H22ClN5O2/c1-14(2,3)22-13(21)20-6-4-9(5-7-20)18-11-10(15)8-17-12(16)19-11/h8-9H,4-7H2,1-3H3,(H3,16,17,18,19). The molecule has 1 aliphatic heterocycles. The second-order valence-electron chi connectivity index (χ2n) is 6.31. The van der Waals surface area contributed by atoms with Crippen LogP contribution < -0.4 is 11.1 Å². The van der Waals surface area contributed by atoms with Gasteiger partial charge >= 0.3 is 6.09 Å². The number of nitrogens with one attached hydrogen (secondary N) is 1. The minimum Gasteiger partial charge on any atom is -0.444 e. The second kappa shape index (κ2) is 6.56. The fourth-order valence-electron chi connectivity index (χ4n) is 2.21. The molecule has 0 spiro atoms. The number of nitrogens with two attached hydrogens (primary N) is 1. The van der Waals surface area contributed by atoms with E-state index in [1.165, 1.54) is 6.20 Å². The summed E-state index contributed by atoms with van der Waals surface area (Å²) in [6.07, 6.45) is 2.79. The summed E-state index contributed by atoms with van der Waals surface area (Å²) in [5.74, 6) is 0.711. The Morgan fingerprint density at radius 2 is 2.09 bits per heavy atom. The van der Waals surface area contributed by atoms with Gasteiger partial charge in [-0.1, -0.05) is 11.6 Å². The Hall–Kier alpha value is -1.76. The van der Waals surface area contributed by atoms with Gasteiger partial charge in [0.25, 0.3) is 0 Å². The van der Waals surface area contributed by atoms with Crippen LogP contribution in [-0.4, -0.2) is 45.7 Å². The number of carbonyl (C=O) groups is 1. The molecule has 1 amide bonds. The number of hydrogen-bond donors (Lipinski definition) is 2. The molecule has 0 atom stereocenters. The molecule has 8 heteroatoms. The number of halogens is 1. The number of aromatic nitrogens is 2. The van der Waals surface area contributed by atoms with Crippen molar-refractivity contribution in [2.24, 2.45) is 0 Å². The number of rotatable bonds is 2. The topological polar surface area (TPSA) is 93.4 Å². The average molecular weight is 328 g/mol. The van der Waals surface area contributed by atoms with E-state index in [2.05, 4.69) is 15.3 Å². The quantitative estimate of drug-likeness (QED) is 0.867. The van der Waals surface area contributed by atoms with Crippen LogP contribution in [0.15, 0.2) is 6.20 Å². The van der Waals surface area contributed by atoms with Crippen molar-refractivity contribution >= 4 is 29.5 Å². The van der Waals surface area contributed by atoms with E-state index in [1.54, 1.807) is 4.90 Å². The van der Waals surface area contributed by atoms with Gasteiger partial charge in [0, 0.05) is 19.1 Å². The Morgan fingerprint density at radius 1 is 1.45 bits per heavy atom. The number of likely N-dealkylation sites (tertiary alicyclic amines) is 1. The highest BCUT2D eigenvalue weighted by Crippen LogP contribution is 2.23. The molecule has 1 aliphatic rings. The van der Waals surface area contributed by atoms with Crippen molar-refractivity contribution in [2.45, 2.75) is 45.3 Å². The first-order valence-corrected chi connectivity index (χ1v) is 7.65. The summed E-state index contributed by atoms with van der Waals surface area (Å²) in [7, 11) is 0. The van der Waals surface area contributed by atoms with Crippen LogP contribution in [0, 0.1) is 0 Å². The summed E-state index contributed by atoms with van der Waals surface area (Å²) >= 11 is 6.04. The predicted molar refractivity (Wildman–Crippen MR) is 85.9 cm³/mol. The van der Waals surface area contributed by atoms with E-state index in [4.69, 9.17) is 22.1 Å². The van der Waals surface area contributed by atoms with Gasteiger partial charge in [0.1, 0.15) is 10.6 Å². The molecule has 0 aliphatic carbocycles. The fraction of sp³-hybridized carbons (Fsp3) is 0.643. The first kappa shape index (κ1) is 16.6. The van der Waals surface area contributed by atoms with Crippen molar-refractivity contribution in [1.29, 1.82) is 0 Å². The molecule has 1 fully saturated rings. The molecule has 1 saturated heterocycles. The molecule has 0 unspecified atom stereocenters.